The molecule has 3 nitrogen and oxygen atoms in total. The van der Waals surface area contributed by atoms with Gasteiger partial charge in [-0.25, -0.2) is 0 Å². The molecule has 0 bridgehead atoms. The first-order valence-corrected chi connectivity index (χ1v) is 12.2. The Labute approximate surface area is 202 Å². The molecular weight excluding hydrogens is 417 g/mol. The van der Waals surface area contributed by atoms with Crippen LogP contribution >= 0.6 is 0 Å². The SMILES string of the molecule is CC1(C)OB(c2ccc3c(c2)C(c2ccccc2)(C2C=CC=NC2)c2ccccc2-3)OC1(C)C. The molecule has 2 unspecified atom stereocenters. The van der Waals surface area contributed by atoms with Crippen molar-refractivity contribution in [2.45, 2.75) is 44.3 Å². The minimum absolute atomic E-state index is 0.204. The van der Waals surface area contributed by atoms with Gasteiger partial charge < -0.3 is 9.31 Å². The van der Waals surface area contributed by atoms with Crippen molar-refractivity contribution >= 4 is 18.8 Å². The second kappa shape index (κ2) is 7.53. The summed E-state index contributed by atoms with van der Waals surface area (Å²) in [6.45, 7) is 9.18. The van der Waals surface area contributed by atoms with E-state index in [4.69, 9.17) is 14.3 Å². The maximum absolute atomic E-state index is 6.45. The monoisotopic (exact) mass is 447 g/mol. The Morgan fingerprint density at radius 3 is 2.18 bits per heavy atom. The second-order valence-corrected chi connectivity index (χ2v) is 10.6. The number of rotatable bonds is 3. The van der Waals surface area contributed by atoms with Crippen molar-refractivity contribution in [2.75, 3.05) is 6.54 Å². The predicted molar refractivity (Wildman–Crippen MR) is 140 cm³/mol. The summed E-state index contributed by atoms with van der Waals surface area (Å²) >= 11 is 0. The van der Waals surface area contributed by atoms with Crippen molar-refractivity contribution in [3.8, 4) is 11.1 Å². The van der Waals surface area contributed by atoms with Gasteiger partial charge in [-0.2, -0.15) is 0 Å². The molecule has 1 fully saturated rings. The topological polar surface area (TPSA) is 30.8 Å². The molecule has 170 valence electrons. The van der Waals surface area contributed by atoms with Crippen molar-refractivity contribution in [3.63, 3.8) is 0 Å². The normalized spacial score (nSPS) is 25.9. The van der Waals surface area contributed by atoms with Crippen LogP contribution in [0, 0.1) is 5.92 Å². The van der Waals surface area contributed by atoms with Crippen LogP contribution in [0.5, 0.6) is 0 Å². The fourth-order valence-corrected chi connectivity index (χ4v) is 5.84. The largest absolute Gasteiger partial charge is 0.494 e. The maximum atomic E-state index is 6.45. The lowest BCUT2D eigenvalue weighted by atomic mass is 9.62. The maximum Gasteiger partial charge on any atom is 0.494 e. The van der Waals surface area contributed by atoms with E-state index < -0.39 is 7.12 Å². The summed E-state index contributed by atoms with van der Waals surface area (Å²) in [4.78, 5) is 4.70. The summed E-state index contributed by atoms with van der Waals surface area (Å²) in [5.74, 6) is 0.204. The third-order valence-corrected chi connectivity index (χ3v) is 8.26. The number of hydrogen-bond donors (Lipinski definition) is 0. The molecule has 2 aliphatic heterocycles. The Kier molecular flexibility index (Phi) is 4.78. The van der Waals surface area contributed by atoms with Gasteiger partial charge in [0, 0.05) is 18.7 Å². The highest BCUT2D eigenvalue weighted by atomic mass is 16.7. The van der Waals surface area contributed by atoms with Gasteiger partial charge in [0.15, 0.2) is 0 Å². The van der Waals surface area contributed by atoms with E-state index in [9.17, 15) is 0 Å². The standard InChI is InChI=1S/C30H30BNO2/c1-28(2)29(3,4)34-31(33-28)23-16-17-25-24-14-8-9-15-26(24)30(27(25)19-23,21-11-6-5-7-12-21)22-13-10-18-32-20-22/h5-19,22H,20H2,1-4H3. The zero-order chi connectivity index (χ0) is 23.6. The number of dihydropyridines is 1. The molecule has 0 radical (unpaired) electrons. The molecule has 1 saturated heterocycles. The zero-order valence-electron chi connectivity index (χ0n) is 20.3. The Balaban J connectivity index is 1.60. The molecule has 0 saturated carbocycles. The number of benzene rings is 3. The molecule has 2 heterocycles. The number of aliphatic imine (C=N–C) groups is 1. The Bertz CT molecular complexity index is 1290. The molecule has 2 atom stereocenters. The Morgan fingerprint density at radius 2 is 1.47 bits per heavy atom. The molecule has 0 amide bonds. The first kappa shape index (κ1) is 21.6. The van der Waals surface area contributed by atoms with Gasteiger partial charge in [0.2, 0.25) is 0 Å². The quantitative estimate of drug-likeness (QED) is 0.493. The molecule has 4 heteroatoms. The van der Waals surface area contributed by atoms with Crippen LogP contribution in [0.1, 0.15) is 44.4 Å². The van der Waals surface area contributed by atoms with Crippen LogP contribution in [0.4, 0.5) is 0 Å². The highest BCUT2D eigenvalue weighted by Gasteiger charge is 2.53. The summed E-state index contributed by atoms with van der Waals surface area (Å²) < 4.78 is 12.9. The highest BCUT2D eigenvalue weighted by Crippen LogP contribution is 2.56. The molecule has 34 heavy (non-hydrogen) atoms. The van der Waals surface area contributed by atoms with Crippen molar-refractivity contribution in [3.05, 3.63) is 102 Å². The molecular formula is C30H30BNO2. The average molecular weight is 447 g/mol. The van der Waals surface area contributed by atoms with E-state index in [-0.39, 0.29) is 22.5 Å². The summed E-state index contributed by atoms with van der Waals surface area (Å²) in [5, 5.41) is 0. The summed E-state index contributed by atoms with van der Waals surface area (Å²) in [7, 11) is -0.396. The van der Waals surface area contributed by atoms with Crippen LogP contribution in [0.3, 0.4) is 0 Å². The lowest BCUT2D eigenvalue weighted by Gasteiger charge is -2.39. The third-order valence-electron chi connectivity index (χ3n) is 8.26. The van der Waals surface area contributed by atoms with Crippen LogP contribution in [0.15, 0.2) is 89.9 Å². The fourth-order valence-electron chi connectivity index (χ4n) is 5.84. The van der Waals surface area contributed by atoms with Crippen LogP contribution < -0.4 is 5.46 Å². The van der Waals surface area contributed by atoms with E-state index in [0.717, 1.165) is 12.0 Å². The molecule has 3 aliphatic rings. The third kappa shape index (κ3) is 2.95. The van der Waals surface area contributed by atoms with Crippen molar-refractivity contribution in [1.29, 1.82) is 0 Å². The van der Waals surface area contributed by atoms with Gasteiger partial charge >= 0.3 is 7.12 Å². The van der Waals surface area contributed by atoms with Crippen molar-refractivity contribution in [2.24, 2.45) is 10.9 Å². The van der Waals surface area contributed by atoms with Crippen molar-refractivity contribution in [1.82, 2.24) is 0 Å². The summed E-state index contributed by atoms with van der Waals surface area (Å²) in [6, 6.07) is 26.5. The van der Waals surface area contributed by atoms with Crippen LogP contribution in [0.25, 0.3) is 11.1 Å². The lowest BCUT2D eigenvalue weighted by Crippen LogP contribution is -2.41. The van der Waals surface area contributed by atoms with Gasteiger partial charge in [0.1, 0.15) is 0 Å². The number of allylic oxidation sites excluding steroid dienone is 1. The molecule has 3 aromatic rings. The number of nitrogens with zero attached hydrogens (tertiary/aromatic N) is 1. The summed E-state index contributed by atoms with van der Waals surface area (Å²) in [6.07, 6.45) is 6.34. The lowest BCUT2D eigenvalue weighted by molar-refractivity contribution is 0.00578. The first-order chi connectivity index (χ1) is 16.3. The fraction of sp³-hybridized carbons (Fsp3) is 0.300. The van der Waals surface area contributed by atoms with Crippen LogP contribution in [-0.2, 0) is 14.7 Å². The van der Waals surface area contributed by atoms with Gasteiger partial charge in [-0.3, -0.25) is 4.99 Å². The molecule has 3 aromatic carbocycles. The predicted octanol–water partition coefficient (Wildman–Crippen LogP) is 5.56. The van der Waals surface area contributed by atoms with Crippen LogP contribution in [-0.4, -0.2) is 31.1 Å². The minimum atomic E-state index is -0.396. The smallest absolute Gasteiger partial charge is 0.399 e. The minimum Gasteiger partial charge on any atom is -0.399 e. The molecule has 0 N–H and O–H groups in total. The number of fused-ring (bicyclic) bond motifs is 3. The average Bonchev–Trinajstić information content (AvgIpc) is 3.27. The summed E-state index contributed by atoms with van der Waals surface area (Å²) in [5.41, 5.74) is 6.49. The first-order valence-electron chi connectivity index (χ1n) is 12.2. The van der Waals surface area contributed by atoms with Gasteiger partial charge in [-0.1, -0.05) is 78.9 Å². The van der Waals surface area contributed by atoms with Gasteiger partial charge in [0.05, 0.1) is 16.6 Å². The Hall–Kier alpha value is -2.95. The van der Waals surface area contributed by atoms with E-state index in [0.29, 0.717) is 0 Å². The van der Waals surface area contributed by atoms with E-state index in [1.807, 2.05) is 6.21 Å². The highest BCUT2D eigenvalue weighted by molar-refractivity contribution is 6.62. The second-order valence-electron chi connectivity index (χ2n) is 10.6. The van der Waals surface area contributed by atoms with E-state index in [1.54, 1.807) is 0 Å². The van der Waals surface area contributed by atoms with Crippen molar-refractivity contribution < 1.29 is 9.31 Å². The van der Waals surface area contributed by atoms with Crippen LogP contribution in [0.2, 0.25) is 0 Å². The molecule has 0 spiro atoms. The zero-order valence-corrected chi connectivity index (χ0v) is 20.3. The number of hydrogen-bond acceptors (Lipinski definition) is 3. The molecule has 1 aliphatic carbocycles. The van der Waals surface area contributed by atoms with Gasteiger partial charge in [-0.05, 0) is 67.1 Å². The van der Waals surface area contributed by atoms with Gasteiger partial charge in [0.25, 0.3) is 0 Å². The van der Waals surface area contributed by atoms with E-state index in [2.05, 4.69) is 113 Å². The molecule has 0 aromatic heterocycles. The molecule has 6 rings (SSSR count). The van der Waals surface area contributed by atoms with E-state index in [1.165, 1.54) is 27.8 Å². The Morgan fingerprint density at radius 1 is 0.794 bits per heavy atom. The van der Waals surface area contributed by atoms with Gasteiger partial charge in [-0.15, -0.1) is 0 Å². The van der Waals surface area contributed by atoms with E-state index >= 15 is 0 Å².